The molecule has 1 aromatic carbocycles. The van der Waals surface area contributed by atoms with Crippen LogP contribution in [0, 0.1) is 0 Å². The molecule has 114 valence electrons. The third-order valence-electron chi connectivity index (χ3n) is 3.05. The first-order chi connectivity index (χ1) is 10.2. The van der Waals surface area contributed by atoms with Gasteiger partial charge in [-0.25, -0.2) is 0 Å². The molecule has 1 heterocycles. The number of benzene rings is 1. The lowest BCUT2D eigenvalue weighted by atomic mass is 10.2. The SMILES string of the molecule is CCCNCc1cc(Cl)ccc1Oc1cnn(CCC)c1. The van der Waals surface area contributed by atoms with E-state index in [1.54, 1.807) is 6.20 Å². The van der Waals surface area contributed by atoms with E-state index in [1.807, 2.05) is 29.1 Å². The Morgan fingerprint density at radius 1 is 1.29 bits per heavy atom. The van der Waals surface area contributed by atoms with Gasteiger partial charge in [-0.2, -0.15) is 5.10 Å². The van der Waals surface area contributed by atoms with Crippen LogP contribution in [-0.2, 0) is 13.1 Å². The van der Waals surface area contributed by atoms with Gasteiger partial charge in [0.1, 0.15) is 5.75 Å². The van der Waals surface area contributed by atoms with Gasteiger partial charge < -0.3 is 10.1 Å². The molecule has 0 atom stereocenters. The lowest BCUT2D eigenvalue weighted by Gasteiger charge is -2.11. The molecule has 0 saturated carbocycles. The highest BCUT2D eigenvalue weighted by Gasteiger charge is 2.07. The number of aromatic nitrogens is 2. The first kappa shape index (κ1) is 15.9. The summed E-state index contributed by atoms with van der Waals surface area (Å²) in [7, 11) is 0. The molecule has 0 unspecified atom stereocenters. The minimum absolute atomic E-state index is 0.720. The van der Waals surface area contributed by atoms with Crippen molar-refractivity contribution in [1.29, 1.82) is 0 Å². The number of nitrogens with one attached hydrogen (secondary N) is 1. The van der Waals surface area contributed by atoms with Crippen LogP contribution in [0.3, 0.4) is 0 Å². The molecule has 21 heavy (non-hydrogen) atoms. The Kier molecular flexibility index (Phi) is 6.08. The van der Waals surface area contributed by atoms with Crippen molar-refractivity contribution in [2.75, 3.05) is 6.54 Å². The zero-order valence-electron chi connectivity index (χ0n) is 12.6. The van der Waals surface area contributed by atoms with Gasteiger partial charge in [-0.3, -0.25) is 4.68 Å². The zero-order valence-corrected chi connectivity index (χ0v) is 13.4. The molecule has 0 amide bonds. The summed E-state index contributed by atoms with van der Waals surface area (Å²) in [5.41, 5.74) is 1.05. The van der Waals surface area contributed by atoms with Gasteiger partial charge in [0, 0.05) is 23.7 Å². The summed E-state index contributed by atoms with van der Waals surface area (Å²) in [4.78, 5) is 0. The van der Waals surface area contributed by atoms with E-state index in [-0.39, 0.29) is 0 Å². The molecule has 4 nitrogen and oxygen atoms in total. The minimum Gasteiger partial charge on any atom is -0.454 e. The molecule has 2 aromatic rings. The van der Waals surface area contributed by atoms with Crippen molar-refractivity contribution in [3.63, 3.8) is 0 Å². The van der Waals surface area contributed by atoms with Gasteiger partial charge in [0.2, 0.25) is 0 Å². The topological polar surface area (TPSA) is 39.1 Å². The largest absolute Gasteiger partial charge is 0.454 e. The Morgan fingerprint density at radius 2 is 2.14 bits per heavy atom. The normalized spacial score (nSPS) is 10.8. The van der Waals surface area contributed by atoms with Crippen LogP contribution >= 0.6 is 11.6 Å². The summed E-state index contributed by atoms with van der Waals surface area (Å²) >= 11 is 6.08. The van der Waals surface area contributed by atoms with Gasteiger partial charge in [0.25, 0.3) is 0 Å². The monoisotopic (exact) mass is 307 g/mol. The lowest BCUT2D eigenvalue weighted by Crippen LogP contribution is -2.14. The van der Waals surface area contributed by atoms with Gasteiger partial charge in [0.15, 0.2) is 5.75 Å². The average molecular weight is 308 g/mol. The van der Waals surface area contributed by atoms with Crippen LogP contribution in [-0.4, -0.2) is 16.3 Å². The molecular weight excluding hydrogens is 286 g/mol. The molecule has 0 aliphatic heterocycles. The fourth-order valence-electron chi connectivity index (χ4n) is 2.06. The number of ether oxygens (including phenoxy) is 1. The van der Waals surface area contributed by atoms with Crippen LogP contribution in [0.25, 0.3) is 0 Å². The Morgan fingerprint density at radius 3 is 2.90 bits per heavy atom. The van der Waals surface area contributed by atoms with Crippen molar-refractivity contribution < 1.29 is 4.74 Å². The second kappa shape index (κ2) is 8.05. The molecule has 0 fully saturated rings. The highest BCUT2D eigenvalue weighted by Crippen LogP contribution is 2.27. The third kappa shape index (κ3) is 4.76. The molecule has 0 saturated heterocycles. The summed E-state index contributed by atoms with van der Waals surface area (Å²) < 4.78 is 7.83. The van der Waals surface area contributed by atoms with Crippen molar-refractivity contribution in [3.05, 3.63) is 41.2 Å². The fourth-order valence-corrected chi connectivity index (χ4v) is 2.26. The molecular formula is C16H22ClN3O. The third-order valence-corrected chi connectivity index (χ3v) is 3.29. The van der Waals surface area contributed by atoms with Crippen molar-refractivity contribution in [2.45, 2.75) is 39.8 Å². The van der Waals surface area contributed by atoms with Crippen LogP contribution in [0.1, 0.15) is 32.3 Å². The maximum absolute atomic E-state index is 6.08. The van der Waals surface area contributed by atoms with E-state index >= 15 is 0 Å². The number of halogens is 1. The molecule has 5 heteroatoms. The minimum atomic E-state index is 0.720. The standard InChI is InChI=1S/C16H22ClN3O/c1-3-7-18-10-13-9-14(17)5-6-16(13)21-15-11-19-20(12-15)8-4-2/h5-6,9,11-12,18H,3-4,7-8,10H2,1-2H3. The highest BCUT2D eigenvalue weighted by atomic mass is 35.5. The van der Waals surface area contributed by atoms with Gasteiger partial charge in [-0.05, 0) is 37.6 Å². The molecule has 1 aromatic heterocycles. The summed E-state index contributed by atoms with van der Waals surface area (Å²) in [5, 5.41) is 8.37. The van der Waals surface area contributed by atoms with E-state index in [9.17, 15) is 0 Å². The van der Waals surface area contributed by atoms with E-state index in [2.05, 4.69) is 24.3 Å². The number of hydrogen-bond acceptors (Lipinski definition) is 3. The van der Waals surface area contributed by atoms with Crippen molar-refractivity contribution in [1.82, 2.24) is 15.1 Å². The molecule has 0 aliphatic carbocycles. The number of nitrogens with zero attached hydrogens (tertiary/aromatic N) is 2. The predicted molar refractivity (Wildman–Crippen MR) is 86.0 cm³/mol. The smallest absolute Gasteiger partial charge is 0.165 e. The van der Waals surface area contributed by atoms with Crippen molar-refractivity contribution in [2.24, 2.45) is 0 Å². The summed E-state index contributed by atoms with van der Waals surface area (Å²) in [6, 6.07) is 5.69. The lowest BCUT2D eigenvalue weighted by molar-refractivity contribution is 0.471. The maximum atomic E-state index is 6.08. The van der Waals surface area contributed by atoms with Gasteiger partial charge in [-0.15, -0.1) is 0 Å². The molecule has 0 bridgehead atoms. The second-order valence-corrected chi connectivity index (χ2v) is 5.41. The number of rotatable bonds is 8. The van der Waals surface area contributed by atoms with Crippen LogP contribution in [0.5, 0.6) is 11.5 Å². The summed E-state index contributed by atoms with van der Waals surface area (Å²) in [5.74, 6) is 1.57. The molecule has 0 radical (unpaired) electrons. The van der Waals surface area contributed by atoms with Crippen LogP contribution in [0.2, 0.25) is 5.02 Å². The van der Waals surface area contributed by atoms with Crippen molar-refractivity contribution in [3.8, 4) is 11.5 Å². The Bertz CT molecular complexity index is 568. The van der Waals surface area contributed by atoms with Crippen molar-refractivity contribution >= 4 is 11.6 Å². The van der Waals surface area contributed by atoms with Crippen LogP contribution < -0.4 is 10.1 Å². The van der Waals surface area contributed by atoms with Gasteiger partial charge in [-0.1, -0.05) is 25.4 Å². The Hall–Kier alpha value is -1.52. The molecule has 0 aliphatic rings. The Balaban J connectivity index is 2.10. The van der Waals surface area contributed by atoms with Gasteiger partial charge >= 0.3 is 0 Å². The summed E-state index contributed by atoms with van der Waals surface area (Å²) in [6.45, 7) is 6.88. The van der Waals surface area contributed by atoms with E-state index < -0.39 is 0 Å². The van der Waals surface area contributed by atoms with Gasteiger partial charge in [0.05, 0.1) is 12.4 Å². The molecule has 0 spiro atoms. The Labute approximate surface area is 131 Å². The second-order valence-electron chi connectivity index (χ2n) is 4.97. The average Bonchev–Trinajstić information content (AvgIpc) is 2.90. The van der Waals surface area contributed by atoms with E-state index in [1.165, 1.54) is 0 Å². The highest BCUT2D eigenvalue weighted by molar-refractivity contribution is 6.30. The predicted octanol–water partition coefficient (Wildman–Crippen LogP) is 4.24. The van der Waals surface area contributed by atoms with Crippen LogP contribution in [0.4, 0.5) is 0 Å². The zero-order chi connectivity index (χ0) is 15.1. The van der Waals surface area contributed by atoms with E-state index in [0.29, 0.717) is 0 Å². The maximum Gasteiger partial charge on any atom is 0.165 e. The number of aryl methyl sites for hydroxylation is 1. The first-order valence-corrected chi connectivity index (χ1v) is 7.80. The fraction of sp³-hybridized carbons (Fsp3) is 0.438. The molecule has 2 rings (SSSR count). The summed E-state index contributed by atoms with van der Waals surface area (Å²) in [6.07, 6.45) is 5.81. The quantitative estimate of drug-likeness (QED) is 0.741. The van der Waals surface area contributed by atoms with E-state index in [0.717, 1.165) is 54.6 Å². The van der Waals surface area contributed by atoms with Crippen LogP contribution in [0.15, 0.2) is 30.6 Å². The molecule has 1 N–H and O–H groups in total. The van der Waals surface area contributed by atoms with E-state index in [4.69, 9.17) is 16.3 Å². The first-order valence-electron chi connectivity index (χ1n) is 7.42. The number of hydrogen-bond donors (Lipinski definition) is 1.